The smallest absolute Gasteiger partial charge is 0.426 e. The van der Waals surface area contributed by atoms with Crippen LogP contribution in [0.3, 0.4) is 0 Å². The standard InChI is InChI=1S/C20H33BClN5O4/c1-13(2)11-17(21(30)31)27-19(29)16(9-6-10-25-20(23)24-3)26-18(28)12-14-7-4-5-8-15(14)22/h4-5,7-8,13,16-17,30-31H,6,9-12H2,1-3H3,(H,26,28)(H,27,29)(H3,23,24,25)/t16-,17-/m0/s1. The molecule has 0 unspecified atom stereocenters. The third-order valence-electron chi connectivity index (χ3n) is 4.59. The molecule has 0 bridgehead atoms. The van der Waals surface area contributed by atoms with Crippen LogP contribution in [0.25, 0.3) is 0 Å². The number of halogens is 1. The molecule has 172 valence electrons. The average Bonchev–Trinajstić information content (AvgIpc) is 2.70. The molecule has 0 radical (unpaired) electrons. The van der Waals surface area contributed by atoms with Crippen molar-refractivity contribution in [2.24, 2.45) is 5.92 Å². The maximum absolute atomic E-state index is 12.8. The van der Waals surface area contributed by atoms with Crippen LogP contribution >= 0.6 is 11.6 Å². The second-order valence-corrected chi connectivity index (χ2v) is 8.15. The van der Waals surface area contributed by atoms with E-state index in [4.69, 9.17) is 17.0 Å². The SMILES string of the molecule is CNC(=N)NCCC[C@H](NC(=O)Cc1ccccc1Cl)C(=O)N[C@@H](CC(C)C)B(O)O. The van der Waals surface area contributed by atoms with E-state index >= 15 is 0 Å². The van der Waals surface area contributed by atoms with Gasteiger partial charge in [0.1, 0.15) is 6.04 Å². The van der Waals surface area contributed by atoms with Crippen LogP contribution in [0.15, 0.2) is 24.3 Å². The van der Waals surface area contributed by atoms with Crippen LogP contribution in [-0.4, -0.2) is 60.5 Å². The molecule has 0 fully saturated rings. The number of nitrogens with one attached hydrogen (secondary N) is 5. The van der Waals surface area contributed by atoms with E-state index in [1.54, 1.807) is 31.3 Å². The van der Waals surface area contributed by atoms with Gasteiger partial charge in [-0.25, -0.2) is 0 Å². The lowest BCUT2D eigenvalue weighted by atomic mass is 9.75. The highest BCUT2D eigenvalue weighted by molar-refractivity contribution is 6.43. The number of benzene rings is 1. The van der Waals surface area contributed by atoms with Gasteiger partial charge in [0, 0.05) is 18.6 Å². The van der Waals surface area contributed by atoms with E-state index in [1.165, 1.54) is 0 Å². The van der Waals surface area contributed by atoms with Crippen molar-refractivity contribution in [1.29, 1.82) is 5.41 Å². The predicted molar refractivity (Wildman–Crippen MR) is 123 cm³/mol. The largest absolute Gasteiger partial charge is 0.475 e. The second-order valence-electron chi connectivity index (χ2n) is 7.74. The lowest BCUT2D eigenvalue weighted by Gasteiger charge is -2.24. The molecule has 0 saturated carbocycles. The van der Waals surface area contributed by atoms with E-state index in [9.17, 15) is 19.6 Å². The van der Waals surface area contributed by atoms with Gasteiger partial charge in [0.25, 0.3) is 0 Å². The molecule has 0 heterocycles. The molecule has 0 aliphatic rings. The first-order chi connectivity index (χ1) is 14.6. The molecule has 1 aromatic rings. The van der Waals surface area contributed by atoms with Crippen molar-refractivity contribution in [3.05, 3.63) is 34.9 Å². The Morgan fingerprint density at radius 3 is 2.45 bits per heavy atom. The number of hydrogen-bond acceptors (Lipinski definition) is 5. The van der Waals surface area contributed by atoms with E-state index in [-0.39, 0.29) is 24.2 Å². The summed E-state index contributed by atoms with van der Waals surface area (Å²) in [6.45, 7) is 4.25. The Bertz CT molecular complexity index is 735. The molecule has 2 atom stereocenters. The first kappa shape index (κ1) is 26.7. The van der Waals surface area contributed by atoms with E-state index in [0.29, 0.717) is 36.4 Å². The molecule has 0 spiro atoms. The Labute approximate surface area is 189 Å². The summed E-state index contributed by atoms with van der Waals surface area (Å²) in [6.07, 6.45) is 1.21. The Kier molecular flexibility index (Phi) is 12.0. The number of rotatable bonds is 12. The number of amides is 2. The fraction of sp³-hybridized carbons (Fsp3) is 0.550. The molecular formula is C20H33BClN5O4. The molecule has 31 heavy (non-hydrogen) atoms. The van der Waals surface area contributed by atoms with Crippen LogP contribution < -0.4 is 21.3 Å². The third kappa shape index (κ3) is 10.5. The van der Waals surface area contributed by atoms with Crippen LogP contribution in [0, 0.1) is 11.3 Å². The number of hydrogen-bond donors (Lipinski definition) is 7. The van der Waals surface area contributed by atoms with Crippen molar-refractivity contribution in [1.82, 2.24) is 21.3 Å². The van der Waals surface area contributed by atoms with Crippen LogP contribution in [0.4, 0.5) is 0 Å². The van der Waals surface area contributed by atoms with Crippen molar-refractivity contribution in [2.75, 3.05) is 13.6 Å². The predicted octanol–water partition coefficient (Wildman–Crippen LogP) is 0.434. The number of carbonyl (C=O) groups is 2. The second kappa shape index (κ2) is 13.9. The molecule has 2 amide bonds. The maximum Gasteiger partial charge on any atom is 0.475 e. The Morgan fingerprint density at radius 2 is 1.87 bits per heavy atom. The number of guanidine groups is 1. The van der Waals surface area contributed by atoms with Crippen molar-refractivity contribution in [2.45, 2.75) is 51.5 Å². The van der Waals surface area contributed by atoms with Gasteiger partial charge < -0.3 is 31.3 Å². The van der Waals surface area contributed by atoms with E-state index in [0.717, 1.165) is 0 Å². The molecule has 0 saturated heterocycles. The van der Waals surface area contributed by atoms with Crippen molar-refractivity contribution < 1.29 is 19.6 Å². The first-order valence-electron chi connectivity index (χ1n) is 10.3. The molecule has 9 nitrogen and oxygen atoms in total. The molecule has 0 aromatic heterocycles. The summed E-state index contributed by atoms with van der Waals surface area (Å²) in [5.74, 6) is -1.41. The summed E-state index contributed by atoms with van der Waals surface area (Å²) in [5.41, 5.74) is 0.647. The monoisotopic (exact) mass is 453 g/mol. The van der Waals surface area contributed by atoms with Gasteiger partial charge in [0.2, 0.25) is 11.8 Å². The lowest BCUT2D eigenvalue weighted by molar-refractivity contribution is -0.129. The first-order valence-corrected chi connectivity index (χ1v) is 10.7. The summed E-state index contributed by atoms with van der Waals surface area (Å²) in [4.78, 5) is 25.4. The normalized spacial score (nSPS) is 12.6. The summed E-state index contributed by atoms with van der Waals surface area (Å²) in [7, 11) is -0.0844. The Morgan fingerprint density at radius 1 is 1.19 bits per heavy atom. The summed E-state index contributed by atoms with van der Waals surface area (Å²) in [5, 5.41) is 38.0. The van der Waals surface area contributed by atoms with Gasteiger partial charge in [0.05, 0.1) is 12.4 Å². The van der Waals surface area contributed by atoms with Crippen molar-refractivity contribution in [3.8, 4) is 0 Å². The van der Waals surface area contributed by atoms with Crippen LogP contribution in [0.1, 0.15) is 38.7 Å². The molecule has 0 aliphatic heterocycles. The van der Waals surface area contributed by atoms with Gasteiger partial charge in [-0.05, 0) is 36.8 Å². The van der Waals surface area contributed by atoms with Gasteiger partial charge in [-0.3, -0.25) is 15.0 Å². The topological polar surface area (TPSA) is 147 Å². The summed E-state index contributed by atoms with van der Waals surface area (Å²) >= 11 is 6.12. The highest BCUT2D eigenvalue weighted by atomic mass is 35.5. The zero-order valence-corrected chi connectivity index (χ0v) is 19.0. The van der Waals surface area contributed by atoms with E-state index in [1.807, 2.05) is 13.8 Å². The summed E-state index contributed by atoms with van der Waals surface area (Å²) in [6, 6.07) is 6.11. The van der Waals surface area contributed by atoms with Gasteiger partial charge in [-0.15, -0.1) is 0 Å². The molecule has 11 heteroatoms. The zero-order chi connectivity index (χ0) is 23.4. The molecule has 1 rings (SSSR count). The van der Waals surface area contributed by atoms with Crippen LogP contribution in [0.5, 0.6) is 0 Å². The quantitative estimate of drug-likeness (QED) is 0.106. The number of carbonyl (C=O) groups excluding carboxylic acids is 2. The fourth-order valence-electron chi connectivity index (χ4n) is 2.98. The van der Waals surface area contributed by atoms with Gasteiger partial charge in [-0.2, -0.15) is 0 Å². The third-order valence-corrected chi connectivity index (χ3v) is 4.96. The Hall–Kier alpha value is -2.30. The average molecular weight is 454 g/mol. The molecule has 1 aromatic carbocycles. The minimum absolute atomic E-state index is 0.0180. The highest BCUT2D eigenvalue weighted by Crippen LogP contribution is 2.15. The molecular weight excluding hydrogens is 421 g/mol. The van der Waals surface area contributed by atoms with Gasteiger partial charge in [0.15, 0.2) is 5.96 Å². The minimum Gasteiger partial charge on any atom is -0.426 e. The van der Waals surface area contributed by atoms with Gasteiger partial charge >= 0.3 is 7.12 Å². The van der Waals surface area contributed by atoms with Gasteiger partial charge in [-0.1, -0.05) is 43.6 Å². The maximum atomic E-state index is 12.8. The minimum atomic E-state index is -1.71. The Balaban J connectivity index is 2.80. The van der Waals surface area contributed by atoms with Crippen molar-refractivity contribution >= 4 is 36.5 Å². The van der Waals surface area contributed by atoms with E-state index < -0.39 is 25.0 Å². The summed E-state index contributed by atoms with van der Waals surface area (Å²) < 4.78 is 0. The molecule has 7 N–H and O–H groups in total. The van der Waals surface area contributed by atoms with Crippen LogP contribution in [0.2, 0.25) is 5.02 Å². The van der Waals surface area contributed by atoms with Crippen LogP contribution in [-0.2, 0) is 16.0 Å². The molecule has 0 aliphatic carbocycles. The van der Waals surface area contributed by atoms with E-state index in [2.05, 4.69) is 21.3 Å². The lowest BCUT2D eigenvalue weighted by Crippen LogP contribution is -2.54. The fourth-order valence-corrected chi connectivity index (χ4v) is 3.19. The van der Waals surface area contributed by atoms with Crippen molar-refractivity contribution in [3.63, 3.8) is 0 Å². The zero-order valence-electron chi connectivity index (χ0n) is 18.2. The highest BCUT2D eigenvalue weighted by Gasteiger charge is 2.29.